The first-order chi connectivity index (χ1) is 9.19. The maximum Gasteiger partial charge on any atom is 0.387 e. The molecule has 1 aromatic carbocycles. The van der Waals surface area contributed by atoms with Crippen molar-refractivity contribution in [2.75, 3.05) is 6.54 Å². The highest BCUT2D eigenvalue weighted by atomic mass is 19.3. The molecular formula is C15H21F2NO. The third-order valence-electron chi connectivity index (χ3n) is 3.39. The van der Waals surface area contributed by atoms with Gasteiger partial charge in [0.25, 0.3) is 0 Å². The van der Waals surface area contributed by atoms with E-state index in [4.69, 9.17) is 0 Å². The van der Waals surface area contributed by atoms with E-state index < -0.39 is 6.61 Å². The number of benzene rings is 1. The fraction of sp³-hybridized carbons (Fsp3) is 0.600. The Balaban J connectivity index is 2.05. The van der Waals surface area contributed by atoms with E-state index in [2.05, 4.69) is 17.0 Å². The predicted molar refractivity (Wildman–Crippen MR) is 71.4 cm³/mol. The number of nitrogens with one attached hydrogen (secondary N) is 1. The minimum absolute atomic E-state index is 0.242. The van der Waals surface area contributed by atoms with Gasteiger partial charge in [0.15, 0.2) is 0 Å². The second kappa shape index (κ2) is 6.85. The molecular weight excluding hydrogens is 248 g/mol. The molecule has 19 heavy (non-hydrogen) atoms. The van der Waals surface area contributed by atoms with Gasteiger partial charge in [0.05, 0.1) is 0 Å². The van der Waals surface area contributed by atoms with Crippen LogP contribution in [0.4, 0.5) is 8.78 Å². The van der Waals surface area contributed by atoms with Crippen LogP contribution in [0.25, 0.3) is 0 Å². The highest BCUT2D eigenvalue weighted by molar-refractivity contribution is 5.30. The standard InChI is InChI=1S/C15H21F2NO/c1-2-8-18-14(9-11-6-7-11)12-4-3-5-13(10-12)19-15(16)17/h3-5,10-11,14-15,18H,2,6-9H2,1H3. The molecule has 0 bridgehead atoms. The van der Waals surface area contributed by atoms with E-state index >= 15 is 0 Å². The molecule has 106 valence electrons. The Morgan fingerprint density at radius 1 is 1.37 bits per heavy atom. The van der Waals surface area contributed by atoms with Crippen molar-refractivity contribution in [3.63, 3.8) is 0 Å². The van der Waals surface area contributed by atoms with Crippen molar-refractivity contribution in [1.29, 1.82) is 0 Å². The molecule has 0 amide bonds. The van der Waals surface area contributed by atoms with Crippen molar-refractivity contribution in [3.8, 4) is 5.75 Å². The summed E-state index contributed by atoms with van der Waals surface area (Å²) < 4.78 is 28.9. The van der Waals surface area contributed by atoms with Gasteiger partial charge >= 0.3 is 6.61 Å². The smallest absolute Gasteiger partial charge is 0.387 e. The fourth-order valence-corrected chi connectivity index (χ4v) is 2.25. The van der Waals surface area contributed by atoms with Crippen LogP contribution in [0, 0.1) is 5.92 Å². The number of halogens is 2. The van der Waals surface area contributed by atoms with Gasteiger partial charge in [0.1, 0.15) is 5.75 Å². The van der Waals surface area contributed by atoms with Crippen LogP contribution in [0.5, 0.6) is 5.75 Å². The predicted octanol–water partition coefficient (Wildman–Crippen LogP) is 4.13. The molecule has 1 saturated carbocycles. The lowest BCUT2D eigenvalue weighted by Gasteiger charge is -2.19. The summed E-state index contributed by atoms with van der Waals surface area (Å²) in [7, 11) is 0. The molecule has 1 fully saturated rings. The maximum absolute atomic E-state index is 12.2. The first kappa shape index (κ1) is 14.3. The highest BCUT2D eigenvalue weighted by Gasteiger charge is 2.26. The number of hydrogen-bond acceptors (Lipinski definition) is 2. The largest absolute Gasteiger partial charge is 0.435 e. The Hall–Kier alpha value is -1.16. The summed E-state index contributed by atoms with van der Waals surface area (Å²) in [5, 5.41) is 3.49. The minimum Gasteiger partial charge on any atom is -0.435 e. The van der Waals surface area contributed by atoms with Gasteiger partial charge in [0, 0.05) is 6.04 Å². The van der Waals surface area contributed by atoms with E-state index in [0.29, 0.717) is 0 Å². The Labute approximate surface area is 113 Å². The quantitative estimate of drug-likeness (QED) is 0.766. The van der Waals surface area contributed by atoms with Crippen LogP contribution in [-0.4, -0.2) is 13.2 Å². The fourth-order valence-electron chi connectivity index (χ4n) is 2.25. The van der Waals surface area contributed by atoms with Gasteiger partial charge < -0.3 is 10.1 Å². The Morgan fingerprint density at radius 2 is 2.16 bits per heavy atom. The summed E-state index contributed by atoms with van der Waals surface area (Å²) in [4.78, 5) is 0. The SMILES string of the molecule is CCCNC(CC1CC1)c1cccc(OC(F)F)c1. The van der Waals surface area contributed by atoms with Crippen molar-refractivity contribution in [2.24, 2.45) is 5.92 Å². The monoisotopic (exact) mass is 269 g/mol. The van der Waals surface area contributed by atoms with E-state index in [1.165, 1.54) is 12.8 Å². The van der Waals surface area contributed by atoms with E-state index in [0.717, 1.165) is 30.9 Å². The first-order valence-corrected chi connectivity index (χ1v) is 6.97. The van der Waals surface area contributed by atoms with Crippen LogP contribution >= 0.6 is 0 Å². The second-order valence-corrected chi connectivity index (χ2v) is 5.14. The molecule has 1 aliphatic rings. The molecule has 0 aliphatic heterocycles. The summed E-state index contributed by atoms with van der Waals surface area (Å²) in [5.74, 6) is 1.03. The zero-order valence-corrected chi connectivity index (χ0v) is 11.2. The Morgan fingerprint density at radius 3 is 2.79 bits per heavy atom. The molecule has 1 atom stereocenters. The van der Waals surface area contributed by atoms with Crippen molar-refractivity contribution < 1.29 is 13.5 Å². The van der Waals surface area contributed by atoms with E-state index in [-0.39, 0.29) is 11.8 Å². The molecule has 0 aromatic heterocycles. The van der Waals surface area contributed by atoms with Crippen LogP contribution in [0.1, 0.15) is 44.2 Å². The first-order valence-electron chi connectivity index (χ1n) is 6.97. The van der Waals surface area contributed by atoms with E-state index in [9.17, 15) is 8.78 Å². The number of rotatable bonds is 8. The van der Waals surface area contributed by atoms with Gasteiger partial charge in [0.2, 0.25) is 0 Å². The zero-order valence-electron chi connectivity index (χ0n) is 11.2. The topological polar surface area (TPSA) is 21.3 Å². The van der Waals surface area contributed by atoms with Crippen LogP contribution in [0.2, 0.25) is 0 Å². The van der Waals surface area contributed by atoms with Gasteiger partial charge in [-0.1, -0.05) is 31.9 Å². The summed E-state index contributed by atoms with van der Waals surface area (Å²) in [6, 6.07) is 7.30. The van der Waals surface area contributed by atoms with Crippen molar-refractivity contribution in [2.45, 2.75) is 45.3 Å². The number of alkyl halides is 2. The summed E-state index contributed by atoms with van der Waals surface area (Å²) >= 11 is 0. The van der Waals surface area contributed by atoms with Crippen molar-refractivity contribution in [3.05, 3.63) is 29.8 Å². The molecule has 2 rings (SSSR count). The second-order valence-electron chi connectivity index (χ2n) is 5.14. The Kier molecular flexibility index (Phi) is 5.14. The van der Waals surface area contributed by atoms with E-state index in [1.54, 1.807) is 18.2 Å². The van der Waals surface area contributed by atoms with Crippen LogP contribution in [-0.2, 0) is 0 Å². The highest BCUT2D eigenvalue weighted by Crippen LogP contribution is 2.38. The molecule has 0 heterocycles. The van der Waals surface area contributed by atoms with E-state index in [1.807, 2.05) is 6.07 Å². The van der Waals surface area contributed by atoms with Crippen LogP contribution in [0.15, 0.2) is 24.3 Å². The molecule has 1 N–H and O–H groups in total. The summed E-state index contributed by atoms with van der Waals surface area (Å²) in [6.45, 7) is 0.301. The molecule has 4 heteroatoms. The molecule has 1 unspecified atom stereocenters. The molecule has 1 aromatic rings. The minimum atomic E-state index is -2.76. The third kappa shape index (κ3) is 4.78. The number of ether oxygens (including phenoxy) is 1. The van der Waals surface area contributed by atoms with Gasteiger partial charge in [-0.25, -0.2) is 0 Å². The lowest BCUT2D eigenvalue weighted by atomic mass is 10.0. The maximum atomic E-state index is 12.2. The van der Waals surface area contributed by atoms with Crippen LogP contribution < -0.4 is 10.1 Å². The lowest BCUT2D eigenvalue weighted by molar-refractivity contribution is -0.0499. The van der Waals surface area contributed by atoms with Gasteiger partial charge in [-0.15, -0.1) is 0 Å². The number of hydrogen-bond donors (Lipinski definition) is 1. The van der Waals surface area contributed by atoms with Crippen molar-refractivity contribution in [1.82, 2.24) is 5.32 Å². The van der Waals surface area contributed by atoms with Crippen molar-refractivity contribution >= 4 is 0 Å². The normalized spacial score (nSPS) is 16.6. The van der Waals surface area contributed by atoms with Gasteiger partial charge in [-0.05, 0) is 43.0 Å². The van der Waals surface area contributed by atoms with Gasteiger partial charge in [-0.2, -0.15) is 8.78 Å². The van der Waals surface area contributed by atoms with Gasteiger partial charge in [-0.3, -0.25) is 0 Å². The van der Waals surface area contributed by atoms with Crippen LogP contribution in [0.3, 0.4) is 0 Å². The zero-order chi connectivity index (χ0) is 13.7. The molecule has 0 saturated heterocycles. The molecule has 1 aliphatic carbocycles. The lowest BCUT2D eigenvalue weighted by Crippen LogP contribution is -2.22. The molecule has 0 radical (unpaired) electrons. The summed E-state index contributed by atoms with van der Waals surface area (Å²) in [6.07, 6.45) is 4.72. The average molecular weight is 269 g/mol. The Bertz CT molecular complexity index is 393. The molecule has 2 nitrogen and oxygen atoms in total. The summed E-state index contributed by atoms with van der Waals surface area (Å²) in [5.41, 5.74) is 1.04. The average Bonchev–Trinajstić information content (AvgIpc) is 3.18. The molecule has 0 spiro atoms. The third-order valence-corrected chi connectivity index (χ3v) is 3.39.